The molecule has 0 aliphatic carbocycles. The summed E-state index contributed by atoms with van der Waals surface area (Å²) < 4.78 is 27.5. The number of nitrogens with zero attached hydrogens (tertiary/aromatic N) is 3. The van der Waals surface area contributed by atoms with Gasteiger partial charge in [-0.3, -0.25) is 9.36 Å². The van der Waals surface area contributed by atoms with E-state index in [1.807, 2.05) is 6.92 Å². The zero-order chi connectivity index (χ0) is 16.4. The van der Waals surface area contributed by atoms with E-state index in [1.54, 1.807) is 42.6 Å². The van der Waals surface area contributed by atoms with E-state index < -0.39 is 9.84 Å². The first-order valence-corrected chi connectivity index (χ1v) is 8.95. The van der Waals surface area contributed by atoms with Gasteiger partial charge in [0, 0.05) is 12.7 Å². The van der Waals surface area contributed by atoms with Crippen LogP contribution >= 0.6 is 0 Å². The Bertz CT molecular complexity index is 985. The molecule has 120 valence electrons. The highest BCUT2D eigenvalue weighted by Gasteiger charge is 2.14. The Kier molecular flexibility index (Phi) is 4.04. The normalized spacial score (nSPS) is 11.9. The smallest absolute Gasteiger partial charge is 0.277 e. The van der Waals surface area contributed by atoms with Crippen molar-refractivity contribution in [1.82, 2.24) is 14.2 Å². The topological polar surface area (TPSA) is 73.4 Å². The molecule has 3 aromatic rings. The van der Waals surface area contributed by atoms with Crippen LogP contribution in [0.5, 0.6) is 0 Å². The number of aryl methyl sites for hydroxylation is 2. The fourth-order valence-corrected chi connectivity index (χ4v) is 3.70. The Morgan fingerprint density at radius 1 is 1.13 bits per heavy atom. The van der Waals surface area contributed by atoms with Gasteiger partial charge in [-0.2, -0.15) is 5.10 Å². The van der Waals surface area contributed by atoms with E-state index in [2.05, 4.69) is 5.10 Å². The molecule has 0 aliphatic rings. The van der Waals surface area contributed by atoms with Crippen molar-refractivity contribution >= 4 is 15.4 Å². The lowest BCUT2D eigenvalue weighted by atomic mass is 10.2. The fourth-order valence-electron chi connectivity index (χ4n) is 2.41. The van der Waals surface area contributed by atoms with Gasteiger partial charge in [0.2, 0.25) is 0 Å². The molecule has 0 spiro atoms. The summed E-state index contributed by atoms with van der Waals surface area (Å²) in [5.74, 6) is -0.00527. The van der Waals surface area contributed by atoms with Crippen LogP contribution in [0.2, 0.25) is 0 Å². The van der Waals surface area contributed by atoms with Crippen molar-refractivity contribution in [2.24, 2.45) is 0 Å². The molecule has 0 unspecified atom stereocenters. The summed E-state index contributed by atoms with van der Waals surface area (Å²) >= 11 is 0. The van der Waals surface area contributed by atoms with Crippen molar-refractivity contribution in [1.29, 1.82) is 0 Å². The van der Waals surface area contributed by atoms with Crippen molar-refractivity contribution < 1.29 is 8.42 Å². The molecule has 2 aromatic heterocycles. The summed E-state index contributed by atoms with van der Waals surface area (Å²) in [6, 6.07) is 10.2. The van der Waals surface area contributed by atoms with Gasteiger partial charge >= 0.3 is 0 Å². The second kappa shape index (κ2) is 6.00. The second-order valence-corrected chi connectivity index (χ2v) is 7.56. The SMILES string of the molecule is Cc1ccc(S(=O)(=O)CCCn2cnn3cccc3c2=O)cc1. The molecule has 0 fully saturated rings. The number of rotatable bonds is 5. The van der Waals surface area contributed by atoms with E-state index in [0.29, 0.717) is 23.4 Å². The number of aromatic nitrogens is 3. The first-order valence-electron chi connectivity index (χ1n) is 7.30. The highest BCUT2D eigenvalue weighted by atomic mass is 32.2. The maximum atomic E-state index is 12.3. The minimum atomic E-state index is -3.33. The molecule has 0 saturated heterocycles. The number of hydrogen-bond donors (Lipinski definition) is 0. The van der Waals surface area contributed by atoms with Crippen molar-refractivity contribution in [3.8, 4) is 0 Å². The Hall–Kier alpha value is -2.41. The first kappa shape index (κ1) is 15.5. The van der Waals surface area contributed by atoms with Crippen LogP contribution in [0.15, 0.2) is 58.6 Å². The van der Waals surface area contributed by atoms with Gasteiger partial charge < -0.3 is 0 Å². The van der Waals surface area contributed by atoms with Gasteiger partial charge in [-0.05, 0) is 37.6 Å². The lowest BCUT2D eigenvalue weighted by Gasteiger charge is -2.07. The van der Waals surface area contributed by atoms with E-state index in [0.717, 1.165) is 5.56 Å². The maximum Gasteiger partial charge on any atom is 0.277 e. The molecule has 0 aliphatic heterocycles. The predicted octanol–water partition coefficient (Wildman–Crippen LogP) is 1.67. The summed E-state index contributed by atoms with van der Waals surface area (Å²) in [6.45, 7) is 2.23. The summed E-state index contributed by atoms with van der Waals surface area (Å²) in [6.07, 6.45) is 3.49. The fraction of sp³-hybridized carbons (Fsp3) is 0.250. The standard InChI is InChI=1S/C16H17N3O3S/c1-13-5-7-14(8-6-13)23(21,22)11-3-9-18-12-17-19-10-2-4-15(19)16(18)20/h2,4-8,10,12H,3,9,11H2,1H3. The Morgan fingerprint density at radius 2 is 1.87 bits per heavy atom. The molecule has 2 heterocycles. The van der Waals surface area contributed by atoms with Crippen LogP contribution in [0.4, 0.5) is 0 Å². The summed E-state index contributed by atoms with van der Waals surface area (Å²) in [7, 11) is -3.33. The molecule has 23 heavy (non-hydrogen) atoms. The van der Waals surface area contributed by atoms with E-state index in [9.17, 15) is 13.2 Å². The van der Waals surface area contributed by atoms with Crippen LogP contribution in [0, 0.1) is 6.92 Å². The zero-order valence-corrected chi connectivity index (χ0v) is 13.5. The van der Waals surface area contributed by atoms with E-state index >= 15 is 0 Å². The third kappa shape index (κ3) is 3.19. The monoisotopic (exact) mass is 331 g/mol. The third-order valence-electron chi connectivity index (χ3n) is 3.72. The molecule has 0 radical (unpaired) electrons. The summed E-state index contributed by atoms with van der Waals surface area (Å²) in [5, 5.41) is 4.12. The van der Waals surface area contributed by atoms with Crippen LogP contribution in [0.25, 0.3) is 5.52 Å². The van der Waals surface area contributed by atoms with Gasteiger partial charge in [-0.15, -0.1) is 0 Å². The largest absolute Gasteiger partial charge is 0.296 e. The van der Waals surface area contributed by atoms with Crippen LogP contribution in [-0.4, -0.2) is 28.4 Å². The second-order valence-electron chi connectivity index (χ2n) is 5.45. The molecule has 6 nitrogen and oxygen atoms in total. The Morgan fingerprint density at radius 3 is 2.61 bits per heavy atom. The van der Waals surface area contributed by atoms with Crippen molar-refractivity contribution in [3.63, 3.8) is 0 Å². The van der Waals surface area contributed by atoms with Gasteiger partial charge in [-0.25, -0.2) is 12.9 Å². The highest BCUT2D eigenvalue weighted by Crippen LogP contribution is 2.13. The van der Waals surface area contributed by atoms with E-state index in [-0.39, 0.29) is 11.3 Å². The molecule has 0 saturated carbocycles. The minimum absolute atomic E-state index is 0.00527. The first-order chi connectivity index (χ1) is 11.0. The predicted molar refractivity (Wildman–Crippen MR) is 87.3 cm³/mol. The maximum absolute atomic E-state index is 12.3. The average molecular weight is 331 g/mol. The number of fused-ring (bicyclic) bond motifs is 1. The lowest BCUT2D eigenvalue weighted by Crippen LogP contribution is -2.23. The van der Waals surface area contributed by atoms with Crippen molar-refractivity contribution in [3.05, 3.63) is 64.8 Å². The van der Waals surface area contributed by atoms with Crippen LogP contribution in [0.1, 0.15) is 12.0 Å². The Balaban J connectivity index is 1.71. The number of sulfone groups is 1. The number of benzene rings is 1. The quantitative estimate of drug-likeness (QED) is 0.713. The van der Waals surface area contributed by atoms with Crippen molar-refractivity contribution in [2.75, 3.05) is 5.75 Å². The molecule has 0 bridgehead atoms. The third-order valence-corrected chi connectivity index (χ3v) is 5.53. The lowest BCUT2D eigenvalue weighted by molar-refractivity contribution is 0.580. The molecule has 0 amide bonds. The minimum Gasteiger partial charge on any atom is -0.296 e. The molecule has 0 atom stereocenters. The number of hydrogen-bond acceptors (Lipinski definition) is 4. The highest BCUT2D eigenvalue weighted by molar-refractivity contribution is 7.91. The molecule has 1 aromatic carbocycles. The molecular formula is C16H17N3O3S. The average Bonchev–Trinajstić information content (AvgIpc) is 2.99. The van der Waals surface area contributed by atoms with E-state index in [4.69, 9.17) is 0 Å². The van der Waals surface area contributed by atoms with Crippen LogP contribution in [0.3, 0.4) is 0 Å². The van der Waals surface area contributed by atoms with Gasteiger partial charge in [-0.1, -0.05) is 17.7 Å². The molecular weight excluding hydrogens is 314 g/mol. The molecule has 7 heteroatoms. The van der Waals surface area contributed by atoms with Crippen LogP contribution < -0.4 is 5.56 Å². The van der Waals surface area contributed by atoms with Crippen LogP contribution in [-0.2, 0) is 16.4 Å². The zero-order valence-electron chi connectivity index (χ0n) is 12.7. The molecule has 3 rings (SSSR count). The van der Waals surface area contributed by atoms with E-state index in [1.165, 1.54) is 15.4 Å². The van der Waals surface area contributed by atoms with Gasteiger partial charge in [0.15, 0.2) is 9.84 Å². The Labute approximate surface area is 133 Å². The summed E-state index contributed by atoms with van der Waals surface area (Å²) in [5.41, 5.74) is 1.33. The molecule has 0 N–H and O–H groups in total. The van der Waals surface area contributed by atoms with Crippen molar-refractivity contribution in [2.45, 2.75) is 24.8 Å². The van der Waals surface area contributed by atoms with Gasteiger partial charge in [0.25, 0.3) is 5.56 Å². The van der Waals surface area contributed by atoms with Gasteiger partial charge in [0.1, 0.15) is 11.8 Å². The summed E-state index contributed by atoms with van der Waals surface area (Å²) in [4.78, 5) is 12.5. The van der Waals surface area contributed by atoms with Gasteiger partial charge in [0.05, 0.1) is 10.6 Å².